The molecule has 0 unspecified atom stereocenters. The van der Waals surface area contributed by atoms with Crippen LogP contribution in [0, 0.1) is 5.92 Å². The Morgan fingerprint density at radius 3 is 2.12 bits per heavy atom. The average molecular weight is 241 g/mol. The first-order valence-corrected chi connectivity index (χ1v) is 7.16. The zero-order valence-corrected chi connectivity index (χ0v) is 11.2. The maximum absolute atomic E-state index is 10.9. The largest absolute Gasteiger partial charge is 0.481 e. The number of carboxylic acid groups (broad SMARTS) is 1. The molecule has 0 aromatic rings. The molecule has 17 heavy (non-hydrogen) atoms. The van der Waals surface area contributed by atoms with Gasteiger partial charge in [0.1, 0.15) is 0 Å². The van der Waals surface area contributed by atoms with E-state index in [0.29, 0.717) is 12.1 Å². The van der Waals surface area contributed by atoms with Gasteiger partial charge in [-0.25, -0.2) is 0 Å². The summed E-state index contributed by atoms with van der Waals surface area (Å²) in [7, 11) is 0. The lowest BCUT2D eigenvalue weighted by molar-refractivity contribution is -0.142. The second-order valence-corrected chi connectivity index (χ2v) is 5.33. The maximum atomic E-state index is 10.9. The third-order valence-electron chi connectivity index (χ3n) is 3.82. The number of hydrogen-bond acceptors (Lipinski definition) is 2. The quantitative estimate of drug-likeness (QED) is 0.719. The van der Waals surface area contributed by atoms with Gasteiger partial charge in [0.25, 0.3) is 0 Å². The molecule has 2 N–H and O–H groups in total. The second-order valence-electron chi connectivity index (χ2n) is 5.33. The monoisotopic (exact) mass is 241 g/mol. The molecule has 1 fully saturated rings. The Labute approximate surface area is 105 Å². The molecule has 1 aliphatic rings. The number of aliphatic carboxylic acids is 1. The van der Waals surface area contributed by atoms with Gasteiger partial charge in [0.05, 0.1) is 5.92 Å². The third-order valence-corrected chi connectivity index (χ3v) is 3.82. The Bertz CT molecular complexity index is 216. The Morgan fingerprint density at radius 1 is 1.18 bits per heavy atom. The van der Waals surface area contributed by atoms with Gasteiger partial charge in [-0.3, -0.25) is 4.79 Å². The van der Waals surface area contributed by atoms with Crippen molar-refractivity contribution >= 4 is 5.97 Å². The fourth-order valence-corrected chi connectivity index (χ4v) is 2.85. The molecular formula is C14H27NO2. The van der Waals surface area contributed by atoms with Crippen LogP contribution < -0.4 is 5.32 Å². The summed E-state index contributed by atoms with van der Waals surface area (Å²) < 4.78 is 0. The molecule has 1 rings (SSSR count). The summed E-state index contributed by atoms with van der Waals surface area (Å²) in [6.07, 6.45) is 8.68. The van der Waals surface area contributed by atoms with Crippen molar-refractivity contribution in [1.82, 2.24) is 5.32 Å². The first-order valence-electron chi connectivity index (χ1n) is 7.16. The topological polar surface area (TPSA) is 49.3 Å². The standard InChI is InChI=1S/C14H27NO2/c1-3-5-12(6-4-2)15-13-9-7-11(8-10-13)14(16)17/h11-13,15H,3-10H2,1-2H3,(H,16,17). The van der Waals surface area contributed by atoms with Crippen LogP contribution in [0.15, 0.2) is 0 Å². The fraction of sp³-hybridized carbons (Fsp3) is 0.929. The number of nitrogens with one attached hydrogen (secondary N) is 1. The molecule has 0 aromatic heterocycles. The van der Waals surface area contributed by atoms with Crippen LogP contribution in [0.1, 0.15) is 65.2 Å². The maximum Gasteiger partial charge on any atom is 0.306 e. The number of rotatable bonds is 7. The highest BCUT2D eigenvalue weighted by Gasteiger charge is 2.26. The van der Waals surface area contributed by atoms with E-state index in [9.17, 15) is 4.79 Å². The van der Waals surface area contributed by atoms with E-state index in [4.69, 9.17) is 5.11 Å². The van der Waals surface area contributed by atoms with E-state index in [0.717, 1.165) is 25.7 Å². The lowest BCUT2D eigenvalue weighted by Gasteiger charge is -2.30. The Morgan fingerprint density at radius 2 is 1.71 bits per heavy atom. The van der Waals surface area contributed by atoms with E-state index in [1.807, 2.05) is 0 Å². The fourth-order valence-electron chi connectivity index (χ4n) is 2.85. The highest BCUT2D eigenvalue weighted by molar-refractivity contribution is 5.70. The van der Waals surface area contributed by atoms with Gasteiger partial charge >= 0.3 is 5.97 Å². The van der Waals surface area contributed by atoms with Crippen molar-refractivity contribution in [3.63, 3.8) is 0 Å². The molecular weight excluding hydrogens is 214 g/mol. The molecule has 3 heteroatoms. The van der Waals surface area contributed by atoms with Crippen LogP contribution in [0.4, 0.5) is 0 Å². The van der Waals surface area contributed by atoms with E-state index in [-0.39, 0.29) is 5.92 Å². The third kappa shape index (κ3) is 5.07. The van der Waals surface area contributed by atoms with Crippen LogP contribution in [0.25, 0.3) is 0 Å². The molecule has 0 saturated heterocycles. The van der Waals surface area contributed by atoms with Gasteiger partial charge < -0.3 is 10.4 Å². The minimum atomic E-state index is -0.609. The van der Waals surface area contributed by atoms with Crippen LogP contribution >= 0.6 is 0 Å². The van der Waals surface area contributed by atoms with Crippen LogP contribution in [0.2, 0.25) is 0 Å². The SMILES string of the molecule is CCCC(CCC)NC1CCC(C(=O)O)CC1. The van der Waals surface area contributed by atoms with Crippen LogP contribution in [-0.2, 0) is 4.79 Å². The van der Waals surface area contributed by atoms with E-state index in [2.05, 4.69) is 19.2 Å². The molecule has 100 valence electrons. The van der Waals surface area contributed by atoms with Crippen molar-refractivity contribution in [2.75, 3.05) is 0 Å². The van der Waals surface area contributed by atoms with Crippen molar-refractivity contribution in [2.45, 2.75) is 77.3 Å². The summed E-state index contributed by atoms with van der Waals surface area (Å²) in [6.45, 7) is 4.46. The van der Waals surface area contributed by atoms with Crippen LogP contribution in [0.3, 0.4) is 0 Å². The van der Waals surface area contributed by atoms with Crippen molar-refractivity contribution in [3.05, 3.63) is 0 Å². The predicted molar refractivity (Wildman–Crippen MR) is 70.1 cm³/mol. The molecule has 0 radical (unpaired) electrons. The van der Waals surface area contributed by atoms with Crippen molar-refractivity contribution in [1.29, 1.82) is 0 Å². The van der Waals surface area contributed by atoms with Gasteiger partial charge in [-0.2, -0.15) is 0 Å². The first-order chi connectivity index (χ1) is 8.17. The van der Waals surface area contributed by atoms with E-state index < -0.39 is 5.97 Å². The van der Waals surface area contributed by atoms with Gasteiger partial charge in [0, 0.05) is 12.1 Å². The average Bonchev–Trinajstić information content (AvgIpc) is 2.30. The molecule has 0 atom stereocenters. The summed E-state index contributed by atoms with van der Waals surface area (Å²) >= 11 is 0. The molecule has 0 heterocycles. The van der Waals surface area contributed by atoms with Gasteiger partial charge in [0.15, 0.2) is 0 Å². The molecule has 0 spiro atoms. The molecule has 0 bridgehead atoms. The van der Waals surface area contributed by atoms with Crippen molar-refractivity contribution in [2.24, 2.45) is 5.92 Å². The molecule has 0 amide bonds. The Hall–Kier alpha value is -0.570. The number of hydrogen-bond donors (Lipinski definition) is 2. The van der Waals surface area contributed by atoms with Gasteiger partial charge in [-0.1, -0.05) is 26.7 Å². The molecule has 1 aliphatic carbocycles. The normalized spacial score (nSPS) is 25.1. The molecule has 0 aliphatic heterocycles. The molecule has 0 aromatic carbocycles. The zero-order valence-electron chi connectivity index (χ0n) is 11.2. The van der Waals surface area contributed by atoms with Crippen molar-refractivity contribution in [3.8, 4) is 0 Å². The van der Waals surface area contributed by atoms with E-state index >= 15 is 0 Å². The number of carboxylic acids is 1. The van der Waals surface area contributed by atoms with E-state index in [1.165, 1.54) is 25.7 Å². The van der Waals surface area contributed by atoms with Gasteiger partial charge in [-0.05, 0) is 38.5 Å². The van der Waals surface area contributed by atoms with Gasteiger partial charge in [-0.15, -0.1) is 0 Å². The summed E-state index contributed by atoms with van der Waals surface area (Å²) in [5.74, 6) is -0.703. The Balaban J connectivity index is 2.30. The lowest BCUT2D eigenvalue weighted by Crippen LogP contribution is -2.41. The van der Waals surface area contributed by atoms with Crippen LogP contribution in [-0.4, -0.2) is 23.2 Å². The minimum absolute atomic E-state index is 0.0937. The highest BCUT2D eigenvalue weighted by Crippen LogP contribution is 2.25. The lowest BCUT2D eigenvalue weighted by atomic mass is 9.85. The first kappa shape index (κ1) is 14.5. The number of carbonyl (C=O) groups is 1. The second kappa shape index (κ2) is 7.70. The summed E-state index contributed by atoms with van der Waals surface area (Å²) in [4.78, 5) is 10.9. The molecule has 3 nitrogen and oxygen atoms in total. The summed E-state index contributed by atoms with van der Waals surface area (Å²) in [6, 6.07) is 1.19. The Kier molecular flexibility index (Phi) is 6.56. The minimum Gasteiger partial charge on any atom is -0.481 e. The van der Waals surface area contributed by atoms with Crippen molar-refractivity contribution < 1.29 is 9.90 Å². The summed E-state index contributed by atoms with van der Waals surface area (Å²) in [5.41, 5.74) is 0. The highest BCUT2D eigenvalue weighted by atomic mass is 16.4. The van der Waals surface area contributed by atoms with Gasteiger partial charge in [0.2, 0.25) is 0 Å². The zero-order chi connectivity index (χ0) is 12.7. The molecule has 1 saturated carbocycles. The van der Waals surface area contributed by atoms with Crippen LogP contribution in [0.5, 0.6) is 0 Å². The predicted octanol–water partition coefficient (Wildman–Crippen LogP) is 3.19. The van der Waals surface area contributed by atoms with E-state index in [1.54, 1.807) is 0 Å². The summed E-state index contributed by atoms with van der Waals surface area (Å²) in [5, 5.41) is 12.7. The smallest absolute Gasteiger partial charge is 0.306 e.